The van der Waals surface area contributed by atoms with Gasteiger partial charge in [-0.1, -0.05) is 6.08 Å². The number of carbonyl (C=O) groups is 2. The second-order valence-electron chi connectivity index (χ2n) is 5.37. The topological polar surface area (TPSA) is 98.6 Å². The second kappa shape index (κ2) is 10.3. The van der Waals surface area contributed by atoms with Gasteiger partial charge in [0.2, 0.25) is 0 Å². The summed E-state index contributed by atoms with van der Waals surface area (Å²) in [4.78, 5) is 23.2. The van der Waals surface area contributed by atoms with Crippen LogP contribution in [-0.2, 0) is 20.7 Å². The molecule has 0 aliphatic carbocycles. The molecule has 1 amide bonds. The highest BCUT2D eigenvalue weighted by Crippen LogP contribution is 2.33. The molecule has 0 saturated carbocycles. The van der Waals surface area contributed by atoms with Crippen LogP contribution in [0.1, 0.15) is 18.1 Å². The Bertz CT molecular complexity index is 861. The second-order valence-corrected chi connectivity index (χ2v) is 6.41. The van der Waals surface area contributed by atoms with Crippen LogP contribution in [0.25, 0.3) is 0 Å². The van der Waals surface area contributed by atoms with Gasteiger partial charge in [-0.2, -0.15) is 5.10 Å². The van der Waals surface area contributed by atoms with Crippen LogP contribution in [0, 0.1) is 0 Å². The number of hydrogen-bond donors (Lipinski definition) is 1. The summed E-state index contributed by atoms with van der Waals surface area (Å²) in [7, 11) is 2.83. The minimum Gasteiger partial charge on any atom is -0.493 e. The zero-order valence-corrected chi connectivity index (χ0v) is 16.7. The van der Waals surface area contributed by atoms with Gasteiger partial charge in [-0.3, -0.25) is 10.1 Å². The fourth-order valence-corrected chi connectivity index (χ4v) is 3.09. The highest BCUT2D eigenvalue weighted by atomic mass is 32.2. The molecule has 1 aromatic rings. The Hall–Kier alpha value is -3.07. The minimum atomic E-state index is -0.612. The molecule has 0 aromatic heterocycles. The van der Waals surface area contributed by atoms with Gasteiger partial charge < -0.3 is 14.2 Å². The SMILES string of the molecule is C=CCc1cc(C=N/N=C2/NC(=O)/C(=C\C(=O)OC)S2)cc(OCC)c1OC. The third-order valence-electron chi connectivity index (χ3n) is 3.48. The van der Waals surface area contributed by atoms with Gasteiger partial charge in [-0.05, 0) is 42.8 Å². The predicted molar refractivity (Wildman–Crippen MR) is 109 cm³/mol. The van der Waals surface area contributed by atoms with Gasteiger partial charge in [0.1, 0.15) is 0 Å². The van der Waals surface area contributed by atoms with E-state index in [4.69, 9.17) is 9.47 Å². The summed E-state index contributed by atoms with van der Waals surface area (Å²) in [5, 5.41) is 10.8. The van der Waals surface area contributed by atoms with Crippen LogP contribution in [0.3, 0.4) is 0 Å². The van der Waals surface area contributed by atoms with E-state index in [0.29, 0.717) is 24.5 Å². The average molecular weight is 403 g/mol. The van der Waals surface area contributed by atoms with Crippen LogP contribution in [-0.4, -0.2) is 44.1 Å². The van der Waals surface area contributed by atoms with E-state index < -0.39 is 11.9 Å². The fraction of sp³-hybridized carbons (Fsp3) is 0.263. The summed E-state index contributed by atoms with van der Waals surface area (Å²) in [6, 6.07) is 3.69. The van der Waals surface area contributed by atoms with E-state index in [1.165, 1.54) is 13.3 Å². The number of amides is 1. The lowest BCUT2D eigenvalue weighted by Crippen LogP contribution is -2.19. The Morgan fingerprint density at radius 3 is 2.79 bits per heavy atom. The van der Waals surface area contributed by atoms with Gasteiger partial charge in [-0.25, -0.2) is 4.79 Å². The third-order valence-corrected chi connectivity index (χ3v) is 4.38. The zero-order chi connectivity index (χ0) is 20.5. The first-order valence-corrected chi connectivity index (χ1v) is 9.18. The number of nitrogens with zero attached hydrogens (tertiary/aromatic N) is 2. The molecule has 1 heterocycles. The van der Waals surface area contributed by atoms with E-state index >= 15 is 0 Å². The number of ether oxygens (including phenoxy) is 3. The summed E-state index contributed by atoms with van der Waals surface area (Å²) < 4.78 is 15.6. The van der Waals surface area contributed by atoms with E-state index in [2.05, 4.69) is 26.8 Å². The first-order chi connectivity index (χ1) is 13.5. The molecule has 0 radical (unpaired) electrons. The Kier molecular flexibility index (Phi) is 7.82. The number of rotatable bonds is 8. The first kappa shape index (κ1) is 21.2. The van der Waals surface area contributed by atoms with Crippen LogP contribution in [0.5, 0.6) is 11.5 Å². The molecule has 2 rings (SSSR count). The number of carbonyl (C=O) groups excluding carboxylic acids is 2. The lowest BCUT2D eigenvalue weighted by atomic mass is 10.1. The molecule has 1 aliphatic rings. The van der Waals surface area contributed by atoms with Gasteiger partial charge in [0.25, 0.3) is 5.91 Å². The Labute approximate surface area is 167 Å². The van der Waals surface area contributed by atoms with E-state index in [1.54, 1.807) is 19.3 Å². The largest absolute Gasteiger partial charge is 0.493 e. The highest BCUT2D eigenvalue weighted by Gasteiger charge is 2.25. The maximum atomic E-state index is 11.8. The normalized spacial score (nSPS) is 16.5. The van der Waals surface area contributed by atoms with Gasteiger partial charge in [0.15, 0.2) is 16.7 Å². The summed E-state index contributed by atoms with van der Waals surface area (Å²) in [5.74, 6) is 0.214. The molecule has 1 fully saturated rings. The van der Waals surface area contributed by atoms with Crippen LogP contribution in [0.4, 0.5) is 0 Å². The van der Waals surface area contributed by atoms with Crippen molar-refractivity contribution in [2.75, 3.05) is 20.8 Å². The monoisotopic (exact) mass is 403 g/mol. The lowest BCUT2D eigenvalue weighted by Gasteiger charge is -2.14. The van der Waals surface area contributed by atoms with E-state index in [-0.39, 0.29) is 10.1 Å². The zero-order valence-electron chi connectivity index (χ0n) is 15.9. The van der Waals surface area contributed by atoms with Crippen LogP contribution in [0.2, 0.25) is 0 Å². The minimum absolute atomic E-state index is 0.192. The summed E-state index contributed by atoms with van der Waals surface area (Å²) in [6.07, 6.45) is 5.02. The number of thioether (sulfide) groups is 1. The number of benzene rings is 1. The maximum Gasteiger partial charge on any atom is 0.331 e. The quantitative estimate of drug-likeness (QED) is 0.235. The van der Waals surface area contributed by atoms with E-state index in [0.717, 1.165) is 29.0 Å². The predicted octanol–water partition coefficient (Wildman–Crippen LogP) is 2.43. The van der Waals surface area contributed by atoms with Crippen molar-refractivity contribution in [3.63, 3.8) is 0 Å². The number of nitrogens with one attached hydrogen (secondary N) is 1. The molecule has 1 aromatic carbocycles. The molecule has 1 N–H and O–H groups in total. The number of esters is 1. The van der Waals surface area contributed by atoms with Gasteiger partial charge in [-0.15, -0.1) is 11.7 Å². The number of methoxy groups -OCH3 is 2. The van der Waals surface area contributed by atoms with Crippen LogP contribution >= 0.6 is 11.8 Å². The first-order valence-electron chi connectivity index (χ1n) is 8.36. The molecular weight excluding hydrogens is 382 g/mol. The van der Waals surface area contributed by atoms with Crippen molar-refractivity contribution in [1.29, 1.82) is 0 Å². The molecule has 28 heavy (non-hydrogen) atoms. The summed E-state index contributed by atoms with van der Waals surface area (Å²) in [5.41, 5.74) is 1.66. The van der Waals surface area contributed by atoms with Gasteiger partial charge in [0.05, 0.1) is 31.9 Å². The van der Waals surface area contributed by atoms with Crippen molar-refractivity contribution in [3.05, 3.63) is 46.9 Å². The fourth-order valence-electron chi connectivity index (χ4n) is 2.35. The molecule has 0 spiro atoms. The summed E-state index contributed by atoms with van der Waals surface area (Å²) >= 11 is 1.00. The van der Waals surface area contributed by atoms with Crippen molar-refractivity contribution in [1.82, 2.24) is 5.32 Å². The Balaban J connectivity index is 2.23. The number of amidine groups is 1. The standard InChI is InChI=1S/C19H21N3O5S/c1-5-7-13-8-12(9-14(27-6-2)17(13)26-4)11-20-22-19-21-18(24)15(28-19)10-16(23)25-3/h5,8-11H,1,6-7H2,2-4H3,(H,21,22,24)/b15-10+,20-11?. The van der Waals surface area contributed by atoms with Crippen molar-refractivity contribution >= 4 is 35.0 Å². The van der Waals surface area contributed by atoms with Gasteiger partial charge >= 0.3 is 5.97 Å². The average Bonchev–Trinajstić information content (AvgIpc) is 3.01. The molecule has 0 atom stereocenters. The van der Waals surface area contributed by atoms with E-state index in [1.807, 2.05) is 13.0 Å². The van der Waals surface area contributed by atoms with Crippen molar-refractivity contribution in [2.24, 2.45) is 10.2 Å². The summed E-state index contributed by atoms with van der Waals surface area (Å²) in [6.45, 7) is 6.14. The van der Waals surface area contributed by atoms with Crippen molar-refractivity contribution in [2.45, 2.75) is 13.3 Å². The van der Waals surface area contributed by atoms with Crippen molar-refractivity contribution in [3.8, 4) is 11.5 Å². The number of hydrogen-bond acceptors (Lipinski definition) is 8. The van der Waals surface area contributed by atoms with Crippen LogP contribution < -0.4 is 14.8 Å². The third kappa shape index (κ3) is 5.46. The molecule has 1 saturated heterocycles. The molecule has 8 nitrogen and oxygen atoms in total. The van der Waals surface area contributed by atoms with Crippen LogP contribution in [0.15, 0.2) is 46.0 Å². The highest BCUT2D eigenvalue weighted by molar-refractivity contribution is 8.18. The molecule has 148 valence electrons. The molecule has 1 aliphatic heterocycles. The molecule has 0 bridgehead atoms. The molecule has 9 heteroatoms. The maximum absolute atomic E-state index is 11.8. The van der Waals surface area contributed by atoms with Crippen molar-refractivity contribution < 1.29 is 23.8 Å². The number of allylic oxidation sites excluding steroid dienone is 1. The Morgan fingerprint density at radius 1 is 1.36 bits per heavy atom. The molecular formula is C19H21N3O5S. The molecule has 0 unspecified atom stereocenters. The van der Waals surface area contributed by atoms with Gasteiger partial charge in [0, 0.05) is 11.6 Å². The van der Waals surface area contributed by atoms with E-state index in [9.17, 15) is 9.59 Å². The Morgan fingerprint density at radius 2 is 2.14 bits per heavy atom. The lowest BCUT2D eigenvalue weighted by molar-refractivity contribution is -0.135. The smallest absolute Gasteiger partial charge is 0.331 e.